The maximum atomic E-state index is 12.9. The summed E-state index contributed by atoms with van der Waals surface area (Å²) in [6.07, 6.45) is -3.84. The van der Waals surface area contributed by atoms with E-state index in [1.54, 1.807) is 32.2 Å². The van der Waals surface area contributed by atoms with Crippen molar-refractivity contribution in [1.82, 2.24) is 10.6 Å². The quantitative estimate of drug-likeness (QED) is 0.513. The van der Waals surface area contributed by atoms with E-state index in [0.717, 1.165) is 17.7 Å². The second-order valence-electron chi connectivity index (χ2n) is 6.23. The minimum Gasteiger partial charge on any atom is -0.508 e. The van der Waals surface area contributed by atoms with E-state index in [0.29, 0.717) is 30.2 Å². The number of rotatable bonds is 6. The van der Waals surface area contributed by atoms with E-state index in [9.17, 15) is 18.3 Å². The molecule has 0 aliphatic heterocycles. The number of alkyl halides is 3. The molecule has 0 heterocycles. The number of ether oxygens (including phenoxy) is 1. The first-order valence-corrected chi connectivity index (χ1v) is 8.74. The van der Waals surface area contributed by atoms with E-state index >= 15 is 0 Å². The lowest BCUT2D eigenvalue weighted by Gasteiger charge is -2.19. The van der Waals surface area contributed by atoms with Crippen LogP contribution in [0.15, 0.2) is 47.5 Å². The fraction of sp³-hybridized carbons (Fsp3) is 0.350. The molecule has 0 saturated heterocycles. The summed E-state index contributed by atoms with van der Waals surface area (Å²) in [6, 6.07) is 9.90. The Kier molecular flexibility index (Phi) is 7.14. The van der Waals surface area contributed by atoms with Crippen LogP contribution in [-0.2, 0) is 12.6 Å². The van der Waals surface area contributed by atoms with Crippen molar-refractivity contribution < 1.29 is 23.0 Å². The van der Waals surface area contributed by atoms with Crippen LogP contribution in [0.1, 0.15) is 29.7 Å². The molecule has 2 aromatic rings. The number of hydrogen-bond donors (Lipinski definition) is 3. The molecule has 2 rings (SSSR count). The molecule has 2 aromatic carbocycles. The Balaban J connectivity index is 1.94. The highest BCUT2D eigenvalue weighted by Gasteiger charge is 2.30. The number of benzene rings is 2. The number of halogens is 3. The number of phenolic OH excluding ortho intramolecular Hbond substituents is 1. The summed E-state index contributed by atoms with van der Waals surface area (Å²) in [4.78, 5) is 4.10. The molecule has 0 spiro atoms. The lowest BCUT2D eigenvalue weighted by molar-refractivity contribution is -0.137. The van der Waals surface area contributed by atoms with Crippen molar-refractivity contribution in [2.24, 2.45) is 4.99 Å². The third-order valence-electron chi connectivity index (χ3n) is 4.27. The largest absolute Gasteiger partial charge is 0.508 e. The molecule has 0 saturated carbocycles. The van der Waals surface area contributed by atoms with Crippen LogP contribution in [0, 0.1) is 0 Å². The summed E-state index contributed by atoms with van der Waals surface area (Å²) in [5.41, 5.74) is 0.567. The number of nitrogens with one attached hydrogen (secondary N) is 2. The normalized spacial score (nSPS) is 13.1. The monoisotopic (exact) mass is 395 g/mol. The molecule has 28 heavy (non-hydrogen) atoms. The molecule has 0 aliphatic rings. The number of nitrogens with zero attached hydrogens (tertiary/aromatic N) is 1. The Hall–Kier alpha value is -2.90. The van der Waals surface area contributed by atoms with Gasteiger partial charge in [0.25, 0.3) is 0 Å². The van der Waals surface area contributed by atoms with Gasteiger partial charge in [-0.2, -0.15) is 13.2 Å². The van der Waals surface area contributed by atoms with Crippen LogP contribution in [0.2, 0.25) is 0 Å². The van der Waals surface area contributed by atoms with Crippen LogP contribution in [0.25, 0.3) is 0 Å². The Morgan fingerprint density at radius 1 is 1.21 bits per heavy atom. The van der Waals surface area contributed by atoms with E-state index in [1.807, 2.05) is 0 Å². The Bertz CT molecular complexity index is 823. The highest BCUT2D eigenvalue weighted by atomic mass is 19.4. The molecule has 5 nitrogen and oxygen atoms in total. The van der Waals surface area contributed by atoms with E-state index in [1.165, 1.54) is 19.2 Å². The second kappa shape index (κ2) is 9.34. The van der Waals surface area contributed by atoms with E-state index in [-0.39, 0.29) is 11.8 Å². The Labute approximate surface area is 162 Å². The van der Waals surface area contributed by atoms with Gasteiger partial charge in [-0.15, -0.1) is 0 Å². The molecular formula is C20H24F3N3O2. The predicted octanol–water partition coefficient (Wildman–Crippen LogP) is 3.89. The maximum absolute atomic E-state index is 12.9. The first-order chi connectivity index (χ1) is 13.2. The van der Waals surface area contributed by atoms with E-state index < -0.39 is 11.7 Å². The molecule has 0 aliphatic carbocycles. The van der Waals surface area contributed by atoms with Gasteiger partial charge in [0.1, 0.15) is 11.5 Å². The summed E-state index contributed by atoms with van der Waals surface area (Å²) < 4.78 is 43.7. The van der Waals surface area contributed by atoms with Crippen molar-refractivity contribution in [3.8, 4) is 11.5 Å². The van der Waals surface area contributed by atoms with E-state index in [4.69, 9.17) is 4.74 Å². The van der Waals surface area contributed by atoms with Gasteiger partial charge in [0.15, 0.2) is 5.96 Å². The number of methoxy groups -OCH3 is 1. The van der Waals surface area contributed by atoms with Crippen molar-refractivity contribution in [3.63, 3.8) is 0 Å². The molecular weight excluding hydrogens is 371 g/mol. The van der Waals surface area contributed by atoms with Gasteiger partial charge in [0.2, 0.25) is 0 Å². The maximum Gasteiger partial charge on any atom is 0.416 e. The zero-order chi connectivity index (χ0) is 20.7. The summed E-state index contributed by atoms with van der Waals surface area (Å²) in [5, 5.41) is 16.1. The summed E-state index contributed by atoms with van der Waals surface area (Å²) >= 11 is 0. The minimum absolute atomic E-state index is 0.140. The van der Waals surface area contributed by atoms with Crippen molar-refractivity contribution in [2.75, 3.05) is 20.7 Å². The second-order valence-corrected chi connectivity index (χ2v) is 6.23. The van der Waals surface area contributed by atoms with Gasteiger partial charge in [-0.1, -0.05) is 18.2 Å². The van der Waals surface area contributed by atoms with Gasteiger partial charge >= 0.3 is 6.18 Å². The summed E-state index contributed by atoms with van der Waals surface area (Å²) in [5.74, 6) is 1.17. The molecule has 1 unspecified atom stereocenters. The third-order valence-corrected chi connectivity index (χ3v) is 4.27. The number of guanidine groups is 1. The van der Waals surface area contributed by atoms with Gasteiger partial charge in [-0.3, -0.25) is 4.99 Å². The van der Waals surface area contributed by atoms with Gasteiger partial charge in [-0.25, -0.2) is 0 Å². The van der Waals surface area contributed by atoms with Gasteiger partial charge in [-0.05, 0) is 42.7 Å². The fourth-order valence-electron chi connectivity index (χ4n) is 2.66. The number of phenols is 1. The SMILES string of the molecule is CN=C(NCCc1ccc(OC)cc1O)NC(C)c1cccc(C(F)(F)F)c1. The third kappa shape index (κ3) is 5.80. The van der Waals surface area contributed by atoms with Crippen LogP contribution in [0.5, 0.6) is 11.5 Å². The first-order valence-electron chi connectivity index (χ1n) is 8.74. The van der Waals surface area contributed by atoms with Crippen molar-refractivity contribution >= 4 is 5.96 Å². The highest BCUT2D eigenvalue weighted by Crippen LogP contribution is 2.30. The van der Waals surface area contributed by atoms with Crippen LogP contribution >= 0.6 is 0 Å². The Morgan fingerprint density at radius 3 is 2.57 bits per heavy atom. The molecule has 0 aromatic heterocycles. The van der Waals surface area contributed by atoms with E-state index in [2.05, 4.69) is 15.6 Å². The van der Waals surface area contributed by atoms with Crippen molar-refractivity contribution in [2.45, 2.75) is 25.6 Å². The molecule has 0 fully saturated rings. The van der Waals surface area contributed by atoms with Crippen LogP contribution in [-0.4, -0.2) is 31.8 Å². The number of hydrogen-bond acceptors (Lipinski definition) is 3. The zero-order valence-corrected chi connectivity index (χ0v) is 16.0. The van der Waals surface area contributed by atoms with Crippen molar-refractivity contribution in [1.29, 1.82) is 0 Å². The van der Waals surface area contributed by atoms with Gasteiger partial charge in [0, 0.05) is 19.7 Å². The summed E-state index contributed by atoms with van der Waals surface area (Å²) in [6.45, 7) is 2.24. The smallest absolute Gasteiger partial charge is 0.416 e. The highest BCUT2D eigenvalue weighted by molar-refractivity contribution is 5.80. The van der Waals surface area contributed by atoms with Crippen LogP contribution < -0.4 is 15.4 Å². The zero-order valence-electron chi connectivity index (χ0n) is 16.0. The lowest BCUT2D eigenvalue weighted by Crippen LogP contribution is -2.39. The average Bonchev–Trinajstić information content (AvgIpc) is 2.67. The molecule has 0 radical (unpaired) electrons. The van der Waals surface area contributed by atoms with Crippen LogP contribution in [0.4, 0.5) is 13.2 Å². The fourth-order valence-corrected chi connectivity index (χ4v) is 2.66. The lowest BCUT2D eigenvalue weighted by atomic mass is 10.1. The summed E-state index contributed by atoms with van der Waals surface area (Å²) in [7, 11) is 3.11. The van der Waals surface area contributed by atoms with Crippen molar-refractivity contribution in [3.05, 3.63) is 59.2 Å². The molecule has 8 heteroatoms. The number of aliphatic imine (C=N–C) groups is 1. The molecule has 0 amide bonds. The molecule has 3 N–H and O–H groups in total. The standard InChI is InChI=1S/C20H24F3N3O2/c1-13(15-5-4-6-16(11-15)20(21,22)23)26-19(24-2)25-10-9-14-7-8-17(28-3)12-18(14)27/h4-8,11-13,27H,9-10H2,1-3H3,(H2,24,25,26). The van der Waals surface area contributed by atoms with Gasteiger partial charge < -0.3 is 20.5 Å². The molecule has 152 valence electrons. The molecule has 1 atom stereocenters. The molecule has 0 bridgehead atoms. The first kappa shape index (κ1) is 21.4. The van der Waals surface area contributed by atoms with Crippen LogP contribution in [0.3, 0.4) is 0 Å². The number of aromatic hydroxyl groups is 1. The predicted molar refractivity (Wildman–Crippen MR) is 103 cm³/mol. The van der Waals surface area contributed by atoms with Gasteiger partial charge in [0.05, 0.1) is 18.7 Å². The average molecular weight is 395 g/mol. The minimum atomic E-state index is -4.38. The Morgan fingerprint density at radius 2 is 1.96 bits per heavy atom. The topological polar surface area (TPSA) is 65.9 Å².